The van der Waals surface area contributed by atoms with Gasteiger partial charge < -0.3 is 14.3 Å². The highest BCUT2D eigenvalue weighted by molar-refractivity contribution is 5.93. The largest absolute Gasteiger partial charge is 0.472 e. The van der Waals surface area contributed by atoms with Gasteiger partial charge in [0.05, 0.1) is 23.5 Å². The lowest BCUT2D eigenvalue weighted by Gasteiger charge is -2.53. The summed E-state index contributed by atoms with van der Waals surface area (Å²) in [6, 6.07) is 1.80. The van der Waals surface area contributed by atoms with Crippen molar-refractivity contribution in [1.82, 2.24) is 0 Å². The van der Waals surface area contributed by atoms with Crippen molar-refractivity contribution in [3.8, 4) is 0 Å². The first-order valence-corrected chi connectivity index (χ1v) is 8.55. The van der Waals surface area contributed by atoms with Crippen LogP contribution < -0.4 is 0 Å². The molecule has 1 saturated carbocycles. The lowest BCUT2D eigenvalue weighted by atomic mass is 9.50. The van der Waals surface area contributed by atoms with Gasteiger partial charge in [-0.2, -0.15) is 0 Å². The van der Waals surface area contributed by atoms with Gasteiger partial charge in [-0.05, 0) is 43.4 Å². The van der Waals surface area contributed by atoms with Gasteiger partial charge >= 0.3 is 5.97 Å². The molecule has 1 aromatic rings. The Balaban J connectivity index is 1.79. The Labute approximate surface area is 140 Å². The third kappa shape index (κ3) is 1.91. The molecule has 2 aliphatic carbocycles. The molecular weight excluding hydrogens is 308 g/mol. The Morgan fingerprint density at radius 3 is 2.83 bits per heavy atom. The van der Waals surface area contributed by atoms with E-state index in [1.807, 2.05) is 6.92 Å². The second-order valence-electron chi connectivity index (χ2n) is 7.61. The predicted molar refractivity (Wildman–Crippen MR) is 84.8 cm³/mol. The van der Waals surface area contributed by atoms with Crippen LogP contribution in [0.4, 0.5) is 0 Å². The molecule has 1 spiro atoms. The summed E-state index contributed by atoms with van der Waals surface area (Å²) in [5.41, 5.74) is -0.407. The van der Waals surface area contributed by atoms with E-state index in [2.05, 4.69) is 0 Å². The van der Waals surface area contributed by atoms with Crippen LogP contribution in [0.25, 0.3) is 0 Å². The van der Waals surface area contributed by atoms with Crippen LogP contribution in [0.3, 0.4) is 0 Å². The molecule has 2 fully saturated rings. The zero-order chi connectivity index (χ0) is 17.1. The zero-order valence-electron chi connectivity index (χ0n) is 14.0. The van der Waals surface area contributed by atoms with Gasteiger partial charge in [0.25, 0.3) is 0 Å². The third-order valence-corrected chi connectivity index (χ3v) is 6.57. The number of ketones is 1. The van der Waals surface area contributed by atoms with Crippen LogP contribution in [-0.2, 0) is 14.3 Å². The molecule has 0 amide bonds. The lowest BCUT2D eigenvalue weighted by molar-refractivity contribution is -0.170. The molecule has 0 unspecified atom stereocenters. The van der Waals surface area contributed by atoms with E-state index in [9.17, 15) is 14.7 Å². The van der Waals surface area contributed by atoms with Crippen molar-refractivity contribution in [2.75, 3.05) is 0 Å². The number of carbonyl (C=O) groups excluding carboxylic acids is 2. The van der Waals surface area contributed by atoms with Crippen LogP contribution in [0, 0.1) is 17.3 Å². The molecule has 2 heterocycles. The zero-order valence-corrected chi connectivity index (χ0v) is 14.0. The average Bonchev–Trinajstić information content (AvgIpc) is 3.16. The summed E-state index contributed by atoms with van der Waals surface area (Å²) in [4.78, 5) is 25.2. The fraction of sp³-hybridized carbons (Fsp3) is 0.579. The summed E-state index contributed by atoms with van der Waals surface area (Å²) in [5, 5.41) is 11.3. The molecule has 0 aromatic carbocycles. The molecule has 5 atom stereocenters. The Kier molecular flexibility index (Phi) is 3.29. The van der Waals surface area contributed by atoms with E-state index in [4.69, 9.17) is 9.15 Å². The molecule has 5 heteroatoms. The molecule has 4 rings (SSSR count). The predicted octanol–water partition coefficient (Wildman–Crippen LogP) is 2.95. The molecule has 5 nitrogen and oxygen atoms in total. The first-order chi connectivity index (χ1) is 11.4. The number of hydrogen-bond donors (Lipinski definition) is 1. The van der Waals surface area contributed by atoms with Crippen molar-refractivity contribution >= 4 is 11.8 Å². The maximum absolute atomic E-state index is 13.0. The number of fused-ring (bicyclic) bond motifs is 2. The fourth-order valence-electron chi connectivity index (χ4n) is 5.09. The van der Waals surface area contributed by atoms with E-state index < -0.39 is 16.9 Å². The molecular formula is C19H22O5. The molecule has 1 aromatic heterocycles. The summed E-state index contributed by atoms with van der Waals surface area (Å²) in [6.07, 6.45) is 6.32. The monoisotopic (exact) mass is 330 g/mol. The number of carbonyl (C=O) groups is 2. The van der Waals surface area contributed by atoms with E-state index in [0.29, 0.717) is 18.4 Å². The first-order valence-electron chi connectivity index (χ1n) is 8.55. The van der Waals surface area contributed by atoms with Crippen molar-refractivity contribution < 1.29 is 23.8 Å². The second kappa shape index (κ2) is 5.06. The number of rotatable bonds is 1. The summed E-state index contributed by atoms with van der Waals surface area (Å²) < 4.78 is 10.8. The molecule has 0 radical (unpaired) electrons. The standard InChI is InChI=1S/C19H22O5/c1-11-3-5-19(22)12(2)7-14(20)8-16(19)18(11)9-15(24-17(18)21)13-4-6-23-10-13/h4,6-7,10-11,15-16,22H,3,5,8-9H2,1-2H3/t11-,15+,16-,18-,19-/m0/s1. The van der Waals surface area contributed by atoms with Crippen LogP contribution in [0.1, 0.15) is 51.2 Å². The van der Waals surface area contributed by atoms with Gasteiger partial charge in [0.1, 0.15) is 6.10 Å². The third-order valence-electron chi connectivity index (χ3n) is 6.57. The van der Waals surface area contributed by atoms with Gasteiger partial charge in [-0.1, -0.05) is 6.92 Å². The first kappa shape index (κ1) is 15.6. The minimum atomic E-state index is -1.09. The minimum Gasteiger partial charge on any atom is -0.472 e. The number of hydrogen-bond acceptors (Lipinski definition) is 5. The minimum absolute atomic E-state index is 0.0183. The molecule has 1 N–H and O–H groups in total. The molecule has 1 saturated heterocycles. The quantitative estimate of drug-likeness (QED) is 0.801. The van der Waals surface area contributed by atoms with E-state index >= 15 is 0 Å². The average molecular weight is 330 g/mol. The van der Waals surface area contributed by atoms with Crippen molar-refractivity contribution in [2.24, 2.45) is 17.3 Å². The number of furan rings is 1. The Morgan fingerprint density at radius 2 is 2.12 bits per heavy atom. The molecule has 1 aliphatic heterocycles. The summed E-state index contributed by atoms with van der Waals surface area (Å²) >= 11 is 0. The summed E-state index contributed by atoms with van der Waals surface area (Å²) in [5.74, 6) is -0.663. The maximum Gasteiger partial charge on any atom is 0.313 e. The number of aliphatic hydroxyl groups is 1. The number of ether oxygens (including phenoxy) is 1. The van der Waals surface area contributed by atoms with E-state index in [0.717, 1.165) is 12.0 Å². The van der Waals surface area contributed by atoms with Crippen LogP contribution in [0.15, 0.2) is 34.7 Å². The van der Waals surface area contributed by atoms with Gasteiger partial charge in [-0.3, -0.25) is 9.59 Å². The number of cyclic esters (lactones) is 1. The van der Waals surface area contributed by atoms with Crippen molar-refractivity contribution in [3.05, 3.63) is 35.8 Å². The van der Waals surface area contributed by atoms with E-state index in [1.54, 1.807) is 25.5 Å². The van der Waals surface area contributed by atoms with Gasteiger partial charge in [-0.15, -0.1) is 0 Å². The Morgan fingerprint density at radius 1 is 1.33 bits per heavy atom. The van der Waals surface area contributed by atoms with E-state index in [1.165, 1.54) is 6.08 Å². The lowest BCUT2D eigenvalue weighted by Crippen LogP contribution is -2.59. The molecule has 128 valence electrons. The summed E-state index contributed by atoms with van der Waals surface area (Å²) in [7, 11) is 0. The Hall–Kier alpha value is -1.88. The smallest absolute Gasteiger partial charge is 0.313 e. The SMILES string of the molecule is CC1=CC(=O)C[C@H]2[C@]3(C[C@H](c4ccoc4)OC3=O)[C@@H](C)CC[C@]12O. The van der Waals surface area contributed by atoms with Crippen LogP contribution in [0.5, 0.6) is 0 Å². The maximum atomic E-state index is 13.0. The highest BCUT2D eigenvalue weighted by Crippen LogP contribution is 2.62. The van der Waals surface area contributed by atoms with Gasteiger partial charge in [0.15, 0.2) is 5.78 Å². The van der Waals surface area contributed by atoms with Crippen LogP contribution >= 0.6 is 0 Å². The highest BCUT2D eigenvalue weighted by atomic mass is 16.6. The van der Waals surface area contributed by atoms with Gasteiger partial charge in [0, 0.05) is 24.3 Å². The van der Waals surface area contributed by atoms with Crippen molar-refractivity contribution in [1.29, 1.82) is 0 Å². The van der Waals surface area contributed by atoms with E-state index in [-0.39, 0.29) is 30.2 Å². The highest BCUT2D eigenvalue weighted by Gasteiger charge is 2.66. The molecule has 24 heavy (non-hydrogen) atoms. The fourth-order valence-corrected chi connectivity index (χ4v) is 5.09. The molecule has 0 bridgehead atoms. The van der Waals surface area contributed by atoms with Gasteiger partial charge in [0.2, 0.25) is 0 Å². The number of allylic oxidation sites excluding steroid dienone is 1. The number of esters is 1. The van der Waals surface area contributed by atoms with Crippen molar-refractivity contribution in [2.45, 2.75) is 51.2 Å². The van der Waals surface area contributed by atoms with Crippen LogP contribution in [-0.4, -0.2) is 22.5 Å². The van der Waals surface area contributed by atoms with Crippen molar-refractivity contribution in [3.63, 3.8) is 0 Å². The molecule has 3 aliphatic rings. The van der Waals surface area contributed by atoms with Crippen LogP contribution in [0.2, 0.25) is 0 Å². The Bertz CT molecular complexity index is 718. The van der Waals surface area contributed by atoms with Gasteiger partial charge in [-0.25, -0.2) is 0 Å². The summed E-state index contributed by atoms with van der Waals surface area (Å²) in [6.45, 7) is 3.83. The normalized spacial score (nSPS) is 42.0. The topological polar surface area (TPSA) is 76.7 Å². The second-order valence-corrected chi connectivity index (χ2v) is 7.61.